The Morgan fingerprint density at radius 1 is 1.06 bits per heavy atom. The summed E-state index contributed by atoms with van der Waals surface area (Å²) < 4.78 is 5.68. The molecule has 0 saturated carbocycles. The number of ketones is 1. The summed E-state index contributed by atoms with van der Waals surface area (Å²) in [6, 6.07) is 15.2. The number of ether oxygens (including phenoxy) is 1. The summed E-state index contributed by atoms with van der Waals surface area (Å²) in [5.41, 5.74) is 2.79. The molecule has 1 fully saturated rings. The van der Waals surface area contributed by atoms with Gasteiger partial charge < -0.3 is 20.1 Å². The fourth-order valence-electron chi connectivity index (χ4n) is 4.27. The first kappa shape index (κ1) is 24.9. The number of Topliss-reactive ketones (excluding diaryl/α,β-unsaturated/α-hetero) is 1. The van der Waals surface area contributed by atoms with Gasteiger partial charge in [0.1, 0.15) is 18.5 Å². The minimum Gasteiger partial charge on any atom is -0.491 e. The van der Waals surface area contributed by atoms with Gasteiger partial charge in [0.2, 0.25) is 5.91 Å². The molecule has 0 unspecified atom stereocenters. The van der Waals surface area contributed by atoms with Gasteiger partial charge in [-0.2, -0.15) is 0 Å². The maximum Gasteiger partial charge on any atom is 0.221 e. The van der Waals surface area contributed by atoms with Crippen molar-refractivity contribution in [3.05, 3.63) is 59.7 Å². The van der Waals surface area contributed by atoms with Crippen molar-refractivity contribution in [2.24, 2.45) is 11.8 Å². The van der Waals surface area contributed by atoms with E-state index in [2.05, 4.69) is 36.2 Å². The molecule has 0 aliphatic carbocycles. The van der Waals surface area contributed by atoms with Crippen molar-refractivity contribution in [3.63, 3.8) is 0 Å². The number of nitrogens with one attached hydrogen (secondary N) is 1. The predicted molar refractivity (Wildman–Crippen MR) is 131 cm³/mol. The molecule has 178 valence electrons. The molecule has 2 aromatic rings. The Morgan fingerprint density at radius 3 is 2.27 bits per heavy atom. The first-order chi connectivity index (χ1) is 15.8. The number of hydrogen-bond donors (Lipinski definition) is 2. The van der Waals surface area contributed by atoms with E-state index in [1.165, 1.54) is 12.5 Å². The van der Waals surface area contributed by atoms with Crippen LogP contribution in [0.5, 0.6) is 5.75 Å². The molecule has 0 radical (unpaired) electrons. The summed E-state index contributed by atoms with van der Waals surface area (Å²) in [7, 11) is 0. The van der Waals surface area contributed by atoms with Crippen molar-refractivity contribution < 1.29 is 19.4 Å². The van der Waals surface area contributed by atoms with Gasteiger partial charge in [0.05, 0.1) is 0 Å². The lowest BCUT2D eigenvalue weighted by Crippen LogP contribution is -2.42. The van der Waals surface area contributed by atoms with Crippen LogP contribution in [0.2, 0.25) is 0 Å². The first-order valence-electron chi connectivity index (χ1n) is 11.8. The number of benzene rings is 2. The van der Waals surface area contributed by atoms with Crippen LogP contribution in [0, 0.1) is 11.8 Å². The van der Waals surface area contributed by atoms with Crippen molar-refractivity contribution in [1.82, 2.24) is 4.90 Å². The quantitative estimate of drug-likeness (QED) is 0.529. The van der Waals surface area contributed by atoms with Gasteiger partial charge in [-0.1, -0.05) is 38.1 Å². The minimum atomic E-state index is -0.610. The molecular weight excluding hydrogens is 416 g/mol. The molecule has 1 aliphatic heterocycles. The van der Waals surface area contributed by atoms with Crippen molar-refractivity contribution in [2.75, 3.05) is 31.6 Å². The predicted octanol–water partition coefficient (Wildman–Crippen LogP) is 4.18. The third-order valence-corrected chi connectivity index (χ3v) is 5.93. The van der Waals surface area contributed by atoms with Crippen LogP contribution in [0.25, 0.3) is 0 Å². The fraction of sp³-hybridized carbons (Fsp3) is 0.481. The van der Waals surface area contributed by atoms with Gasteiger partial charge >= 0.3 is 0 Å². The SMILES string of the molecule is CC(=O)Nc1ccc(OC[C@@H](O)CN2CCC(C(=O)c3ccc(CC(C)C)cc3)CC2)cc1. The number of aliphatic hydroxyl groups excluding tert-OH is 1. The lowest BCUT2D eigenvalue weighted by molar-refractivity contribution is -0.114. The zero-order chi connectivity index (χ0) is 23.8. The van der Waals surface area contributed by atoms with Crippen molar-refractivity contribution in [1.29, 1.82) is 0 Å². The zero-order valence-electron chi connectivity index (χ0n) is 19.9. The molecule has 1 amide bonds. The van der Waals surface area contributed by atoms with E-state index in [0.29, 0.717) is 23.9 Å². The number of carbonyl (C=O) groups is 2. The van der Waals surface area contributed by atoms with Crippen molar-refractivity contribution in [2.45, 2.75) is 46.1 Å². The molecule has 6 heteroatoms. The molecule has 1 atom stereocenters. The monoisotopic (exact) mass is 452 g/mol. The van der Waals surface area contributed by atoms with Crippen LogP contribution in [-0.4, -0.2) is 54.0 Å². The van der Waals surface area contributed by atoms with E-state index in [4.69, 9.17) is 4.74 Å². The normalized spacial score (nSPS) is 15.9. The summed E-state index contributed by atoms with van der Waals surface area (Å²) >= 11 is 0. The molecule has 3 rings (SSSR count). The Hall–Kier alpha value is -2.70. The van der Waals surface area contributed by atoms with Crippen LogP contribution in [0.3, 0.4) is 0 Å². The summed E-state index contributed by atoms with van der Waals surface area (Å²) in [4.78, 5) is 26.2. The molecule has 2 aromatic carbocycles. The maximum atomic E-state index is 12.9. The highest BCUT2D eigenvalue weighted by Gasteiger charge is 2.26. The van der Waals surface area contributed by atoms with E-state index in [-0.39, 0.29) is 24.2 Å². The summed E-state index contributed by atoms with van der Waals surface area (Å²) in [6.07, 6.45) is 2.04. The smallest absolute Gasteiger partial charge is 0.221 e. The molecule has 1 heterocycles. The fourth-order valence-corrected chi connectivity index (χ4v) is 4.27. The third-order valence-electron chi connectivity index (χ3n) is 5.93. The largest absolute Gasteiger partial charge is 0.491 e. The van der Waals surface area contributed by atoms with Gasteiger partial charge in [0.25, 0.3) is 0 Å². The van der Waals surface area contributed by atoms with E-state index in [0.717, 1.165) is 37.9 Å². The van der Waals surface area contributed by atoms with E-state index in [9.17, 15) is 14.7 Å². The molecule has 1 saturated heterocycles. The average Bonchev–Trinajstić information content (AvgIpc) is 2.78. The van der Waals surface area contributed by atoms with Crippen LogP contribution in [0.1, 0.15) is 49.5 Å². The second kappa shape index (κ2) is 12.0. The Kier molecular flexibility index (Phi) is 9.03. The van der Waals surface area contributed by atoms with Gasteiger partial charge in [-0.3, -0.25) is 9.59 Å². The molecule has 0 spiro atoms. The van der Waals surface area contributed by atoms with E-state index >= 15 is 0 Å². The van der Waals surface area contributed by atoms with Crippen molar-refractivity contribution >= 4 is 17.4 Å². The van der Waals surface area contributed by atoms with Gasteiger partial charge in [0, 0.05) is 30.6 Å². The van der Waals surface area contributed by atoms with Crippen LogP contribution >= 0.6 is 0 Å². The van der Waals surface area contributed by atoms with Gasteiger partial charge in [-0.15, -0.1) is 0 Å². The number of nitrogens with zero attached hydrogens (tertiary/aromatic N) is 1. The van der Waals surface area contributed by atoms with Crippen LogP contribution < -0.4 is 10.1 Å². The Bertz CT molecular complexity index is 901. The van der Waals surface area contributed by atoms with Crippen LogP contribution in [0.15, 0.2) is 48.5 Å². The minimum absolute atomic E-state index is 0.0488. The van der Waals surface area contributed by atoms with Crippen LogP contribution in [0.4, 0.5) is 5.69 Å². The molecule has 2 N–H and O–H groups in total. The van der Waals surface area contributed by atoms with Gasteiger partial charge in [-0.25, -0.2) is 0 Å². The number of β-amino-alcohol motifs (C(OH)–C–C–N with tert-alkyl or cyclic N) is 1. The summed E-state index contributed by atoms with van der Waals surface area (Å²) in [6.45, 7) is 8.17. The lowest BCUT2D eigenvalue weighted by Gasteiger charge is -2.32. The van der Waals surface area contributed by atoms with Crippen molar-refractivity contribution in [3.8, 4) is 5.75 Å². The Balaban J connectivity index is 1.39. The number of anilines is 1. The maximum absolute atomic E-state index is 12.9. The Morgan fingerprint density at radius 2 is 1.70 bits per heavy atom. The molecule has 1 aliphatic rings. The standard InChI is InChI=1S/C27H36N2O4/c1-19(2)16-21-4-6-22(7-5-21)27(32)23-12-14-29(15-13-23)17-25(31)18-33-26-10-8-24(9-11-26)28-20(3)30/h4-11,19,23,25,31H,12-18H2,1-3H3,(H,28,30)/t25-/m0/s1. The first-order valence-corrected chi connectivity index (χ1v) is 11.8. The second-order valence-electron chi connectivity index (χ2n) is 9.40. The van der Waals surface area contributed by atoms with E-state index < -0.39 is 6.10 Å². The molecule has 33 heavy (non-hydrogen) atoms. The number of aliphatic hydroxyl groups is 1. The van der Waals surface area contributed by atoms with Crippen LogP contribution in [-0.2, 0) is 11.2 Å². The molecular formula is C27H36N2O4. The summed E-state index contributed by atoms with van der Waals surface area (Å²) in [5, 5.41) is 13.1. The van der Waals surface area contributed by atoms with Gasteiger partial charge in [-0.05, 0) is 68.1 Å². The molecule has 0 bridgehead atoms. The topological polar surface area (TPSA) is 78.9 Å². The lowest BCUT2D eigenvalue weighted by atomic mass is 9.88. The second-order valence-corrected chi connectivity index (χ2v) is 9.40. The number of piperidine rings is 1. The van der Waals surface area contributed by atoms with E-state index in [1.54, 1.807) is 24.3 Å². The summed E-state index contributed by atoms with van der Waals surface area (Å²) in [5.74, 6) is 1.41. The number of likely N-dealkylation sites (tertiary alicyclic amines) is 1. The molecule has 0 aromatic heterocycles. The highest BCUT2D eigenvalue weighted by atomic mass is 16.5. The third kappa shape index (κ3) is 7.98. The average molecular weight is 453 g/mol. The highest BCUT2D eigenvalue weighted by Crippen LogP contribution is 2.23. The highest BCUT2D eigenvalue weighted by molar-refractivity contribution is 5.98. The number of rotatable bonds is 10. The molecule has 6 nitrogen and oxygen atoms in total. The van der Waals surface area contributed by atoms with Gasteiger partial charge in [0.15, 0.2) is 5.78 Å². The van der Waals surface area contributed by atoms with E-state index in [1.807, 2.05) is 12.1 Å². The number of carbonyl (C=O) groups excluding carboxylic acids is 2. The zero-order valence-corrected chi connectivity index (χ0v) is 19.9. The Labute approximate surface area is 196 Å². The number of hydrogen-bond acceptors (Lipinski definition) is 5. The number of amides is 1.